The summed E-state index contributed by atoms with van der Waals surface area (Å²) in [7, 11) is 3.77. The number of hydrogen-bond acceptors (Lipinski definition) is 5. The van der Waals surface area contributed by atoms with E-state index in [1.165, 1.54) is 10.9 Å². The summed E-state index contributed by atoms with van der Waals surface area (Å²) in [5, 5.41) is 14.2. The molecule has 6 heteroatoms. The summed E-state index contributed by atoms with van der Waals surface area (Å²) < 4.78 is 13.0. The number of carbonyl (C=O) groups excluding carboxylic acids is 1. The summed E-state index contributed by atoms with van der Waals surface area (Å²) in [6.07, 6.45) is -0.892. The summed E-state index contributed by atoms with van der Waals surface area (Å²) in [6, 6.07) is 17.8. The van der Waals surface area contributed by atoms with Crippen molar-refractivity contribution in [3.05, 3.63) is 54.6 Å². The number of nitrogens with one attached hydrogen (secondary N) is 1. The maximum absolute atomic E-state index is 12.0. The van der Waals surface area contributed by atoms with Gasteiger partial charge < -0.3 is 24.5 Å². The Kier molecular flexibility index (Phi) is 7.13. The number of aryl methyl sites for hydroxylation is 1. The third-order valence-corrected chi connectivity index (χ3v) is 5.19. The average molecular weight is 411 g/mol. The van der Waals surface area contributed by atoms with E-state index in [0.29, 0.717) is 5.75 Å². The van der Waals surface area contributed by atoms with E-state index in [9.17, 15) is 9.90 Å². The highest BCUT2D eigenvalue weighted by Gasteiger charge is 2.22. The Morgan fingerprint density at radius 3 is 2.43 bits per heavy atom. The molecule has 2 atom stereocenters. The van der Waals surface area contributed by atoms with E-state index in [1.54, 1.807) is 7.05 Å². The van der Waals surface area contributed by atoms with Crippen molar-refractivity contribution < 1.29 is 19.4 Å². The van der Waals surface area contributed by atoms with Gasteiger partial charge >= 0.3 is 5.97 Å². The molecule has 0 radical (unpaired) electrons. The molecule has 3 aromatic rings. The monoisotopic (exact) mass is 410 g/mol. The molecule has 0 amide bonds. The lowest BCUT2D eigenvalue weighted by Gasteiger charge is -2.20. The molecule has 0 aliphatic rings. The lowest BCUT2D eigenvalue weighted by atomic mass is 10.1. The predicted molar refractivity (Wildman–Crippen MR) is 119 cm³/mol. The molecule has 2 unspecified atom stereocenters. The summed E-state index contributed by atoms with van der Waals surface area (Å²) >= 11 is 0. The second kappa shape index (κ2) is 9.78. The number of benzene rings is 2. The summed E-state index contributed by atoms with van der Waals surface area (Å²) in [5.74, 6) is 0.389. The number of para-hydroxylation sites is 1. The molecule has 2 aromatic carbocycles. The molecule has 0 bridgehead atoms. The van der Waals surface area contributed by atoms with Crippen molar-refractivity contribution in [2.75, 3.05) is 20.3 Å². The molecular formula is C24H30N2O4. The van der Waals surface area contributed by atoms with Crippen LogP contribution in [0.25, 0.3) is 22.2 Å². The normalized spacial score (nSPS) is 13.4. The van der Waals surface area contributed by atoms with Gasteiger partial charge in [-0.05, 0) is 54.9 Å². The Morgan fingerprint density at radius 1 is 1.10 bits per heavy atom. The van der Waals surface area contributed by atoms with Crippen molar-refractivity contribution >= 4 is 16.9 Å². The molecule has 0 saturated heterocycles. The Morgan fingerprint density at radius 2 is 1.80 bits per heavy atom. The van der Waals surface area contributed by atoms with Crippen LogP contribution >= 0.6 is 0 Å². The first-order chi connectivity index (χ1) is 14.4. The Hall–Kier alpha value is -2.83. The fraction of sp³-hybridized carbons (Fsp3) is 0.375. The molecule has 3 rings (SSSR count). The SMILES string of the molecule is CNC(C(=O)OCC(O)COc1ccc(-c2cc3ccccc3n2C)cc1)C(C)C. The molecule has 0 fully saturated rings. The zero-order valence-corrected chi connectivity index (χ0v) is 18.0. The van der Waals surface area contributed by atoms with Gasteiger partial charge in [0.15, 0.2) is 0 Å². The standard InChI is InChI=1S/C24H30N2O4/c1-16(2)23(25-3)24(28)30-15-19(27)14-29-20-11-9-17(10-12-20)22-13-18-7-5-6-8-21(18)26(22)4/h5-13,16,19,23,25,27H,14-15H2,1-4H3. The van der Waals surface area contributed by atoms with Crippen LogP contribution in [-0.4, -0.2) is 48.1 Å². The number of aliphatic hydroxyl groups is 1. The second-order valence-electron chi connectivity index (χ2n) is 7.78. The first kappa shape index (κ1) is 21.9. The Bertz CT molecular complexity index is 979. The maximum atomic E-state index is 12.0. The van der Waals surface area contributed by atoms with Crippen molar-refractivity contribution in [1.29, 1.82) is 0 Å². The van der Waals surface area contributed by atoms with Gasteiger partial charge in [-0.2, -0.15) is 0 Å². The number of ether oxygens (including phenoxy) is 2. The van der Waals surface area contributed by atoms with Gasteiger partial charge in [-0.15, -0.1) is 0 Å². The first-order valence-electron chi connectivity index (χ1n) is 10.2. The van der Waals surface area contributed by atoms with Crippen LogP contribution in [0.1, 0.15) is 13.8 Å². The number of aromatic nitrogens is 1. The molecule has 1 heterocycles. The number of aliphatic hydroxyl groups excluding tert-OH is 1. The highest BCUT2D eigenvalue weighted by atomic mass is 16.5. The van der Waals surface area contributed by atoms with Crippen LogP contribution in [-0.2, 0) is 16.6 Å². The van der Waals surface area contributed by atoms with E-state index in [1.807, 2.05) is 50.2 Å². The van der Waals surface area contributed by atoms with Crippen LogP contribution in [0.5, 0.6) is 5.75 Å². The quantitative estimate of drug-likeness (QED) is 0.529. The molecular weight excluding hydrogens is 380 g/mol. The van der Waals surface area contributed by atoms with E-state index in [0.717, 1.165) is 11.3 Å². The Labute approximate surface area is 177 Å². The first-order valence-corrected chi connectivity index (χ1v) is 10.2. The molecule has 0 saturated carbocycles. The summed E-state index contributed by atoms with van der Waals surface area (Å²) in [4.78, 5) is 12.0. The summed E-state index contributed by atoms with van der Waals surface area (Å²) in [6.45, 7) is 3.82. The molecule has 0 spiro atoms. The van der Waals surface area contributed by atoms with Gasteiger partial charge in [-0.1, -0.05) is 32.0 Å². The molecule has 160 valence electrons. The minimum atomic E-state index is -0.892. The maximum Gasteiger partial charge on any atom is 0.323 e. The third-order valence-electron chi connectivity index (χ3n) is 5.19. The van der Waals surface area contributed by atoms with Crippen LogP contribution in [0.4, 0.5) is 0 Å². The van der Waals surface area contributed by atoms with Gasteiger partial charge in [0.2, 0.25) is 0 Å². The number of likely N-dealkylation sites (N-methyl/N-ethyl adjacent to an activating group) is 1. The smallest absolute Gasteiger partial charge is 0.323 e. The minimum Gasteiger partial charge on any atom is -0.491 e. The number of hydrogen-bond donors (Lipinski definition) is 2. The number of nitrogens with zero attached hydrogens (tertiary/aromatic N) is 1. The van der Waals surface area contributed by atoms with Crippen molar-refractivity contribution in [1.82, 2.24) is 9.88 Å². The molecule has 1 aromatic heterocycles. The second-order valence-corrected chi connectivity index (χ2v) is 7.78. The van der Waals surface area contributed by atoms with Crippen molar-refractivity contribution in [3.8, 4) is 17.0 Å². The lowest BCUT2D eigenvalue weighted by molar-refractivity contribution is -0.150. The van der Waals surface area contributed by atoms with E-state index >= 15 is 0 Å². The number of carbonyl (C=O) groups is 1. The fourth-order valence-corrected chi connectivity index (χ4v) is 3.52. The van der Waals surface area contributed by atoms with Gasteiger partial charge in [0.05, 0.1) is 0 Å². The van der Waals surface area contributed by atoms with Crippen molar-refractivity contribution in [3.63, 3.8) is 0 Å². The average Bonchev–Trinajstić information content (AvgIpc) is 3.08. The predicted octanol–water partition coefficient (Wildman–Crippen LogP) is 3.37. The van der Waals surface area contributed by atoms with Gasteiger partial charge in [0.25, 0.3) is 0 Å². The van der Waals surface area contributed by atoms with Crippen LogP contribution in [0.3, 0.4) is 0 Å². The highest BCUT2D eigenvalue weighted by molar-refractivity contribution is 5.86. The number of esters is 1. The van der Waals surface area contributed by atoms with E-state index in [-0.39, 0.29) is 31.1 Å². The third kappa shape index (κ3) is 5.01. The van der Waals surface area contributed by atoms with Crippen LogP contribution in [0, 0.1) is 5.92 Å². The van der Waals surface area contributed by atoms with Crippen LogP contribution in [0.2, 0.25) is 0 Å². The molecule has 2 N–H and O–H groups in total. The molecule has 6 nitrogen and oxygen atoms in total. The molecule has 0 aliphatic heterocycles. The van der Waals surface area contributed by atoms with Gasteiger partial charge in [0.1, 0.15) is 31.1 Å². The minimum absolute atomic E-state index is 0.0482. The van der Waals surface area contributed by atoms with E-state index in [2.05, 4.69) is 35.1 Å². The van der Waals surface area contributed by atoms with Crippen molar-refractivity contribution in [2.24, 2.45) is 13.0 Å². The molecule has 30 heavy (non-hydrogen) atoms. The zero-order chi connectivity index (χ0) is 21.7. The zero-order valence-electron chi connectivity index (χ0n) is 18.0. The van der Waals surface area contributed by atoms with Crippen LogP contribution in [0.15, 0.2) is 54.6 Å². The number of rotatable bonds is 9. The van der Waals surface area contributed by atoms with E-state index < -0.39 is 6.10 Å². The van der Waals surface area contributed by atoms with Gasteiger partial charge in [-0.3, -0.25) is 4.79 Å². The molecule has 0 aliphatic carbocycles. The van der Waals surface area contributed by atoms with Crippen LogP contribution < -0.4 is 10.1 Å². The fourth-order valence-electron chi connectivity index (χ4n) is 3.52. The van der Waals surface area contributed by atoms with Gasteiger partial charge in [0, 0.05) is 23.6 Å². The number of fused-ring (bicyclic) bond motifs is 1. The topological polar surface area (TPSA) is 72.7 Å². The lowest BCUT2D eigenvalue weighted by Crippen LogP contribution is -2.41. The van der Waals surface area contributed by atoms with E-state index in [4.69, 9.17) is 9.47 Å². The highest BCUT2D eigenvalue weighted by Crippen LogP contribution is 2.28. The van der Waals surface area contributed by atoms with Gasteiger partial charge in [-0.25, -0.2) is 0 Å². The largest absolute Gasteiger partial charge is 0.491 e. The Balaban J connectivity index is 1.54. The van der Waals surface area contributed by atoms with Crippen molar-refractivity contribution in [2.45, 2.75) is 26.0 Å². The summed E-state index contributed by atoms with van der Waals surface area (Å²) in [5.41, 5.74) is 3.39.